The van der Waals surface area contributed by atoms with Gasteiger partial charge in [-0.3, -0.25) is 14.6 Å². The van der Waals surface area contributed by atoms with Gasteiger partial charge in [-0.25, -0.2) is 15.3 Å². The van der Waals surface area contributed by atoms with Gasteiger partial charge in [0.25, 0.3) is 5.56 Å². The molecule has 0 aliphatic carbocycles. The van der Waals surface area contributed by atoms with E-state index >= 15 is 0 Å². The normalized spacial score (nSPS) is 12.5. The fraction of sp³-hybridized carbons (Fsp3) is 0.154. The first kappa shape index (κ1) is 14.5. The van der Waals surface area contributed by atoms with Gasteiger partial charge in [0.2, 0.25) is 12.7 Å². The lowest BCUT2D eigenvalue weighted by Gasteiger charge is -1.99. The van der Waals surface area contributed by atoms with Crippen LogP contribution in [0.15, 0.2) is 32.9 Å². The van der Waals surface area contributed by atoms with Crippen molar-refractivity contribution < 1.29 is 14.3 Å². The van der Waals surface area contributed by atoms with Crippen molar-refractivity contribution in [2.45, 2.75) is 6.42 Å². The molecule has 3 N–H and O–H groups in total. The number of aromatic nitrogens is 3. The van der Waals surface area contributed by atoms with Gasteiger partial charge in [0, 0.05) is 0 Å². The highest BCUT2D eigenvalue weighted by molar-refractivity contribution is 5.83. The number of aromatic amines is 2. The topological polar surface area (TPSA) is 139 Å². The second kappa shape index (κ2) is 6.13. The fourth-order valence-corrected chi connectivity index (χ4v) is 1.86. The van der Waals surface area contributed by atoms with Crippen LogP contribution >= 0.6 is 0 Å². The zero-order valence-corrected chi connectivity index (χ0v) is 11.7. The van der Waals surface area contributed by atoms with E-state index in [9.17, 15) is 14.4 Å². The Morgan fingerprint density at radius 2 is 2.17 bits per heavy atom. The number of rotatable bonds is 4. The first-order chi connectivity index (χ1) is 11.1. The molecule has 0 atom stereocenters. The molecule has 23 heavy (non-hydrogen) atoms. The smallest absolute Gasteiger partial charge is 0.342 e. The number of ether oxygens (including phenoxy) is 2. The predicted molar refractivity (Wildman–Crippen MR) is 77.5 cm³/mol. The first-order valence-corrected chi connectivity index (χ1v) is 6.51. The third-order valence-electron chi connectivity index (χ3n) is 2.91. The summed E-state index contributed by atoms with van der Waals surface area (Å²) in [7, 11) is 0. The van der Waals surface area contributed by atoms with Gasteiger partial charge in [-0.1, -0.05) is 0 Å². The molecular weight excluding hydrogens is 306 g/mol. The maximum Gasteiger partial charge on any atom is 0.342 e. The Morgan fingerprint density at radius 3 is 3.00 bits per heavy atom. The van der Waals surface area contributed by atoms with Crippen LogP contribution in [-0.2, 0) is 11.2 Å². The summed E-state index contributed by atoms with van der Waals surface area (Å²) in [6.45, 7) is 0.174. The average Bonchev–Trinajstić information content (AvgIpc) is 2.98. The molecule has 1 aliphatic heterocycles. The number of hydrogen-bond acceptors (Lipinski definition) is 7. The Morgan fingerprint density at radius 1 is 1.35 bits per heavy atom. The lowest BCUT2D eigenvalue weighted by molar-refractivity contribution is -0.120. The van der Waals surface area contributed by atoms with Crippen LogP contribution in [0.25, 0.3) is 0 Å². The van der Waals surface area contributed by atoms with Crippen LogP contribution in [0.5, 0.6) is 11.5 Å². The molecule has 1 aliphatic rings. The lowest BCUT2D eigenvalue weighted by atomic mass is 10.2. The van der Waals surface area contributed by atoms with Crippen LogP contribution in [0.3, 0.4) is 0 Å². The van der Waals surface area contributed by atoms with E-state index in [1.54, 1.807) is 18.2 Å². The zero-order valence-electron chi connectivity index (χ0n) is 11.7. The number of carbonyl (C=O) groups excluding carboxylic acids is 1. The average molecular weight is 317 g/mol. The second-order valence-electron chi connectivity index (χ2n) is 4.54. The number of carbonyl (C=O) groups is 1. The summed E-state index contributed by atoms with van der Waals surface area (Å²) in [6.07, 6.45) is 1.11. The minimum absolute atomic E-state index is 0.111. The molecule has 1 aromatic carbocycles. The van der Waals surface area contributed by atoms with Gasteiger partial charge >= 0.3 is 5.69 Å². The molecule has 10 nitrogen and oxygen atoms in total. The Kier molecular flexibility index (Phi) is 3.87. The van der Waals surface area contributed by atoms with Crippen molar-refractivity contribution in [2.75, 3.05) is 6.79 Å². The zero-order chi connectivity index (χ0) is 16.2. The number of benzene rings is 1. The molecule has 0 radical (unpaired) electrons. The summed E-state index contributed by atoms with van der Waals surface area (Å²) in [5.74, 6) is 0.700. The molecule has 10 heteroatoms. The number of fused-ring (bicyclic) bond motifs is 1. The van der Waals surface area contributed by atoms with Gasteiger partial charge < -0.3 is 9.47 Å². The number of nitrogens with zero attached hydrogens (tertiary/aromatic N) is 2. The SMILES string of the molecule is O=C(Cc1n[nH]c(=O)[nH]c1=O)NN=Cc1ccc2c(c1)OCO2. The van der Waals surface area contributed by atoms with Crippen molar-refractivity contribution in [3.63, 3.8) is 0 Å². The maximum atomic E-state index is 11.7. The van der Waals surface area contributed by atoms with Crippen LogP contribution in [-0.4, -0.2) is 34.1 Å². The molecular formula is C13H11N5O5. The molecule has 3 rings (SSSR count). The maximum absolute atomic E-state index is 11.7. The Hall–Kier alpha value is -3.43. The number of hydrogen-bond donors (Lipinski definition) is 3. The molecule has 0 saturated heterocycles. The number of nitrogens with one attached hydrogen (secondary N) is 3. The van der Waals surface area contributed by atoms with Crippen LogP contribution in [0.2, 0.25) is 0 Å². The third-order valence-corrected chi connectivity index (χ3v) is 2.91. The summed E-state index contributed by atoms with van der Waals surface area (Å²) in [4.78, 5) is 35.9. The molecule has 118 valence electrons. The quantitative estimate of drug-likeness (QED) is 0.482. The highest BCUT2D eigenvalue weighted by Gasteiger charge is 2.12. The lowest BCUT2D eigenvalue weighted by Crippen LogP contribution is -2.31. The molecule has 0 saturated carbocycles. The fourth-order valence-electron chi connectivity index (χ4n) is 1.86. The minimum Gasteiger partial charge on any atom is -0.454 e. The van der Waals surface area contributed by atoms with Crippen LogP contribution in [0.1, 0.15) is 11.3 Å². The van der Waals surface area contributed by atoms with Gasteiger partial charge in [-0.15, -0.1) is 0 Å². The van der Waals surface area contributed by atoms with E-state index in [1.807, 2.05) is 10.1 Å². The summed E-state index contributed by atoms with van der Waals surface area (Å²) in [5, 5.41) is 9.32. The van der Waals surface area contributed by atoms with Crippen molar-refractivity contribution in [1.29, 1.82) is 0 Å². The number of hydrazone groups is 1. The summed E-state index contributed by atoms with van der Waals surface area (Å²) in [5.41, 5.74) is 1.40. The molecule has 0 spiro atoms. The van der Waals surface area contributed by atoms with E-state index in [0.717, 1.165) is 0 Å². The number of amides is 1. The van der Waals surface area contributed by atoms with Gasteiger partial charge in [-0.05, 0) is 23.8 Å². The Labute approximate surface area is 128 Å². The standard InChI is InChI=1S/C13H11N5O5/c19-11(4-8-12(20)15-13(21)18-16-8)17-14-5-7-1-2-9-10(3-7)23-6-22-9/h1-3,5H,4,6H2,(H,17,19)(H2,15,18,20,21). The van der Waals surface area contributed by atoms with E-state index in [0.29, 0.717) is 17.1 Å². The van der Waals surface area contributed by atoms with Gasteiger partial charge in [0.1, 0.15) is 5.69 Å². The number of H-pyrrole nitrogens is 2. The largest absolute Gasteiger partial charge is 0.454 e. The minimum atomic E-state index is -0.736. The Bertz CT molecular complexity index is 885. The van der Waals surface area contributed by atoms with E-state index in [-0.39, 0.29) is 18.9 Å². The molecule has 0 bridgehead atoms. The summed E-state index contributed by atoms with van der Waals surface area (Å²) < 4.78 is 10.4. The highest BCUT2D eigenvalue weighted by Crippen LogP contribution is 2.31. The van der Waals surface area contributed by atoms with Crippen molar-refractivity contribution in [3.8, 4) is 11.5 Å². The molecule has 0 unspecified atom stereocenters. The predicted octanol–water partition coefficient (Wildman–Crippen LogP) is -1.12. The van der Waals surface area contributed by atoms with Crippen molar-refractivity contribution in [3.05, 3.63) is 50.3 Å². The molecule has 1 amide bonds. The van der Waals surface area contributed by atoms with Crippen molar-refractivity contribution in [2.24, 2.45) is 5.10 Å². The third kappa shape index (κ3) is 3.43. The van der Waals surface area contributed by atoms with E-state index in [4.69, 9.17) is 9.47 Å². The molecule has 2 heterocycles. The molecule has 1 aromatic heterocycles. The summed E-state index contributed by atoms with van der Waals surface area (Å²) in [6, 6.07) is 5.19. The van der Waals surface area contributed by atoms with Crippen molar-refractivity contribution >= 4 is 12.1 Å². The van der Waals surface area contributed by atoms with E-state index in [1.165, 1.54) is 6.21 Å². The van der Waals surface area contributed by atoms with Crippen molar-refractivity contribution in [1.82, 2.24) is 20.6 Å². The van der Waals surface area contributed by atoms with Crippen LogP contribution < -0.4 is 26.1 Å². The van der Waals surface area contributed by atoms with Gasteiger partial charge in [0.05, 0.1) is 12.6 Å². The first-order valence-electron chi connectivity index (χ1n) is 6.51. The molecule has 2 aromatic rings. The highest BCUT2D eigenvalue weighted by atomic mass is 16.7. The van der Waals surface area contributed by atoms with Crippen LogP contribution in [0, 0.1) is 0 Å². The van der Waals surface area contributed by atoms with Gasteiger partial charge in [-0.2, -0.15) is 10.2 Å². The second-order valence-corrected chi connectivity index (χ2v) is 4.54. The van der Waals surface area contributed by atoms with Gasteiger partial charge in [0.15, 0.2) is 11.5 Å². The van der Waals surface area contributed by atoms with E-state index < -0.39 is 17.2 Å². The monoisotopic (exact) mass is 317 g/mol. The van der Waals surface area contributed by atoms with Crippen LogP contribution in [0.4, 0.5) is 0 Å². The molecule has 0 fully saturated rings. The summed E-state index contributed by atoms with van der Waals surface area (Å²) >= 11 is 0. The van der Waals surface area contributed by atoms with E-state index in [2.05, 4.69) is 15.6 Å². The Balaban J connectivity index is 1.60.